The van der Waals surface area contributed by atoms with Gasteiger partial charge in [0.05, 0.1) is 10.0 Å². The molecule has 0 aliphatic heterocycles. The third-order valence-corrected chi connectivity index (χ3v) is 3.84. The molecule has 0 spiro atoms. The van der Waals surface area contributed by atoms with Crippen LogP contribution in [-0.4, -0.2) is 18.5 Å². The molecular weight excluding hydrogens is 356 g/mol. The molecule has 0 fully saturated rings. The minimum atomic E-state index is -0.511. The van der Waals surface area contributed by atoms with Crippen LogP contribution in [0.5, 0.6) is 0 Å². The maximum absolute atomic E-state index is 12.8. The van der Waals surface area contributed by atoms with Crippen molar-refractivity contribution in [2.24, 2.45) is 0 Å². The third kappa shape index (κ3) is 5.83. The molecule has 1 amide bonds. The van der Waals surface area contributed by atoms with Crippen molar-refractivity contribution < 1.29 is 18.7 Å². The van der Waals surface area contributed by atoms with Crippen LogP contribution in [0.3, 0.4) is 0 Å². The number of carbonyl (C=O) groups is 2. The van der Waals surface area contributed by atoms with Crippen molar-refractivity contribution in [2.45, 2.75) is 12.8 Å². The smallest absolute Gasteiger partial charge is 0.306 e. The van der Waals surface area contributed by atoms with Crippen molar-refractivity contribution in [3.05, 3.63) is 63.9 Å². The van der Waals surface area contributed by atoms with E-state index in [9.17, 15) is 14.0 Å². The SMILES string of the molecule is O=C(COC(=O)CCc1ccc(F)cc1)Nc1ccc(Cl)c(Cl)c1. The van der Waals surface area contributed by atoms with Crippen LogP contribution in [0.25, 0.3) is 0 Å². The van der Waals surface area contributed by atoms with Crippen LogP contribution in [-0.2, 0) is 20.7 Å². The lowest BCUT2D eigenvalue weighted by atomic mass is 10.1. The molecule has 24 heavy (non-hydrogen) atoms. The van der Waals surface area contributed by atoms with E-state index in [1.165, 1.54) is 18.2 Å². The average molecular weight is 370 g/mol. The van der Waals surface area contributed by atoms with Crippen LogP contribution in [0.1, 0.15) is 12.0 Å². The van der Waals surface area contributed by atoms with Crippen molar-refractivity contribution in [3.8, 4) is 0 Å². The number of esters is 1. The Morgan fingerprint density at radius 3 is 2.42 bits per heavy atom. The number of carbonyl (C=O) groups excluding carboxylic acids is 2. The average Bonchev–Trinajstić information content (AvgIpc) is 2.56. The molecule has 0 radical (unpaired) electrons. The molecule has 0 aliphatic rings. The van der Waals surface area contributed by atoms with E-state index in [2.05, 4.69) is 5.32 Å². The van der Waals surface area contributed by atoms with Crippen LogP contribution in [0.2, 0.25) is 10.0 Å². The number of rotatable bonds is 6. The summed E-state index contributed by atoms with van der Waals surface area (Å²) in [6.45, 7) is -0.400. The van der Waals surface area contributed by atoms with Gasteiger partial charge in [-0.1, -0.05) is 35.3 Å². The zero-order valence-corrected chi connectivity index (χ0v) is 14.0. The van der Waals surface area contributed by atoms with Crippen molar-refractivity contribution in [2.75, 3.05) is 11.9 Å². The van der Waals surface area contributed by atoms with Crippen molar-refractivity contribution in [1.82, 2.24) is 0 Å². The minimum absolute atomic E-state index is 0.103. The van der Waals surface area contributed by atoms with Gasteiger partial charge in [0.2, 0.25) is 0 Å². The maximum atomic E-state index is 12.8. The number of hydrogen-bond donors (Lipinski definition) is 1. The Bertz CT molecular complexity index is 735. The molecule has 0 aliphatic carbocycles. The Kier molecular flexibility index (Phi) is 6.58. The highest BCUT2D eigenvalue weighted by molar-refractivity contribution is 6.42. The molecule has 0 heterocycles. The van der Waals surface area contributed by atoms with Gasteiger partial charge in [0.25, 0.3) is 5.91 Å². The molecule has 2 aromatic rings. The lowest BCUT2D eigenvalue weighted by Gasteiger charge is -2.07. The van der Waals surface area contributed by atoms with Gasteiger partial charge in [0, 0.05) is 12.1 Å². The molecule has 0 saturated carbocycles. The standard InChI is InChI=1S/C17H14Cl2FNO3/c18-14-7-6-13(9-15(14)19)21-16(22)10-24-17(23)8-3-11-1-4-12(20)5-2-11/h1-2,4-7,9H,3,8,10H2,(H,21,22). The minimum Gasteiger partial charge on any atom is -0.456 e. The third-order valence-electron chi connectivity index (χ3n) is 3.10. The number of anilines is 1. The van der Waals surface area contributed by atoms with Crippen LogP contribution in [0, 0.1) is 5.82 Å². The number of amides is 1. The molecule has 0 atom stereocenters. The fourth-order valence-corrected chi connectivity index (χ4v) is 2.18. The van der Waals surface area contributed by atoms with Gasteiger partial charge in [-0.05, 0) is 42.3 Å². The lowest BCUT2D eigenvalue weighted by molar-refractivity contribution is -0.147. The van der Waals surface area contributed by atoms with E-state index in [1.54, 1.807) is 24.3 Å². The molecule has 2 aromatic carbocycles. The highest BCUT2D eigenvalue weighted by atomic mass is 35.5. The highest BCUT2D eigenvalue weighted by Crippen LogP contribution is 2.24. The first kappa shape index (κ1) is 18.2. The predicted molar refractivity (Wildman–Crippen MR) is 90.8 cm³/mol. The molecular formula is C17H14Cl2FNO3. The summed E-state index contributed by atoms with van der Waals surface area (Å²) < 4.78 is 17.7. The zero-order valence-electron chi connectivity index (χ0n) is 12.5. The van der Waals surface area contributed by atoms with E-state index in [0.29, 0.717) is 22.2 Å². The molecule has 126 valence electrons. The topological polar surface area (TPSA) is 55.4 Å². The Labute approximate surface area is 148 Å². The zero-order chi connectivity index (χ0) is 17.5. The second-order valence-electron chi connectivity index (χ2n) is 4.96. The largest absolute Gasteiger partial charge is 0.456 e. The first-order valence-corrected chi connectivity index (χ1v) is 7.84. The quantitative estimate of drug-likeness (QED) is 0.774. The van der Waals surface area contributed by atoms with Gasteiger partial charge in [-0.25, -0.2) is 4.39 Å². The van der Waals surface area contributed by atoms with Crippen molar-refractivity contribution in [1.29, 1.82) is 0 Å². The maximum Gasteiger partial charge on any atom is 0.306 e. The van der Waals surface area contributed by atoms with Gasteiger partial charge in [-0.15, -0.1) is 0 Å². The summed E-state index contributed by atoms with van der Waals surface area (Å²) in [7, 11) is 0. The van der Waals surface area contributed by atoms with Gasteiger partial charge in [-0.2, -0.15) is 0 Å². The number of aryl methyl sites for hydroxylation is 1. The monoisotopic (exact) mass is 369 g/mol. The van der Waals surface area contributed by atoms with Crippen LogP contribution < -0.4 is 5.32 Å². The molecule has 2 rings (SSSR count). The summed E-state index contributed by atoms with van der Waals surface area (Å²) in [6, 6.07) is 10.5. The fourth-order valence-electron chi connectivity index (χ4n) is 1.89. The van der Waals surface area contributed by atoms with Crippen molar-refractivity contribution >= 4 is 40.8 Å². The molecule has 4 nitrogen and oxygen atoms in total. The summed E-state index contributed by atoms with van der Waals surface area (Å²) in [4.78, 5) is 23.3. The van der Waals surface area contributed by atoms with Gasteiger partial charge in [-0.3, -0.25) is 9.59 Å². The normalized spacial score (nSPS) is 10.3. The van der Waals surface area contributed by atoms with Crippen LogP contribution >= 0.6 is 23.2 Å². The van der Waals surface area contributed by atoms with E-state index in [-0.39, 0.29) is 12.2 Å². The Balaban J connectivity index is 1.73. The van der Waals surface area contributed by atoms with Gasteiger partial charge >= 0.3 is 5.97 Å². The number of halogens is 3. The van der Waals surface area contributed by atoms with E-state index in [1.807, 2.05) is 0 Å². The molecule has 0 unspecified atom stereocenters. The van der Waals surface area contributed by atoms with E-state index >= 15 is 0 Å². The van der Waals surface area contributed by atoms with Gasteiger partial charge in [0.1, 0.15) is 5.82 Å². The first-order valence-electron chi connectivity index (χ1n) is 7.09. The lowest BCUT2D eigenvalue weighted by Crippen LogP contribution is -2.21. The Morgan fingerprint density at radius 1 is 1.04 bits per heavy atom. The second kappa shape index (κ2) is 8.66. The van der Waals surface area contributed by atoms with E-state index in [4.69, 9.17) is 27.9 Å². The first-order chi connectivity index (χ1) is 11.4. The Hall–Kier alpha value is -2.11. The summed E-state index contributed by atoms with van der Waals surface area (Å²) in [5.41, 5.74) is 1.27. The number of nitrogens with one attached hydrogen (secondary N) is 1. The number of ether oxygens (including phenoxy) is 1. The van der Waals surface area contributed by atoms with Crippen molar-refractivity contribution in [3.63, 3.8) is 0 Å². The molecule has 0 bridgehead atoms. The second-order valence-corrected chi connectivity index (χ2v) is 5.78. The summed E-state index contributed by atoms with van der Waals surface area (Å²) in [6.07, 6.45) is 0.513. The molecule has 0 aromatic heterocycles. The summed E-state index contributed by atoms with van der Waals surface area (Å²) in [5.74, 6) is -1.33. The number of hydrogen-bond acceptors (Lipinski definition) is 3. The molecule has 0 saturated heterocycles. The molecule has 1 N–H and O–H groups in total. The summed E-state index contributed by atoms with van der Waals surface area (Å²) >= 11 is 11.6. The predicted octanol–water partition coefficient (Wildman–Crippen LogP) is 4.25. The fraction of sp³-hybridized carbons (Fsp3) is 0.176. The number of benzene rings is 2. The highest BCUT2D eigenvalue weighted by Gasteiger charge is 2.09. The van der Waals surface area contributed by atoms with Gasteiger partial charge in [0.15, 0.2) is 6.61 Å². The van der Waals surface area contributed by atoms with Gasteiger partial charge < -0.3 is 10.1 Å². The van der Waals surface area contributed by atoms with E-state index < -0.39 is 18.5 Å². The molecule has 7 heteroatoms. The Morgan fingerprint density at radius 2 is 1.75 bits per heavy atom. The van der Waals surface area contributed by atoms with Crippen LogP contribution in [0.4, 0.5) is 10.1 Å². The van der Waals surface area contributed by atoms with Crippen LogP contribution in [0.15, 0.2) is 42.5 Å². The van der Waals surface area contributed by atoms with E-state index in [0.717, 1.165) is 5.56 Å². The summed E-state index contributed by atoms with van der Waals surface area (Å²) in [5, 5.41) is 3.23.